The first-order chi connectivity index (χ1) is 14.0. The minimum Gasteiger partial charge on any atom is -0.378 e. The molecule has 13 heteroatoms. The highest BCUT2D eigenvalue weighted by Gasteiger charge is 2.43. The molecular weight excluding hydrogens is 384 g/mol. The van der Waals surface area contributed by atoms with Crippen LogP contribution in [0, 0.1) is 20.2 Å². The van der Waals surface area contributed by atoms with Gasteiger partial charge in [0.15, 0.2) is 0 Å². The van der Waals surface area contributed by atoms with E-state index in [-0.39, 0.29) is 11.9 Å². The molecule has 0 N–H and O–H groups in total. The zero-order chi connectivity index (χ0) is 20.4. The zero-order valence-electron chi connectivity index (χ0n) is 15.1. The number of rotatable bonds is 4. The van der Waals surface area contributed by atoms with Crippen molar-refractivity contribution in [2.24, 2.45) is 15.1 Å². The topological polar surface area (TPSA) is 142 Å². The summed E-state index contributed by atoms with van der Waals surface area (Å²) in [6.07, 6.45) is 1.24. The SMILES string of the molecule is O=[N+]([O-])C(=C1N=C(N2CCOCC2)N=C2N(Cc3ccccc3)N=CN21)[N+](=O)[O-]. The van der Waals surface area contributed by atoms with E-state index in [2.05, 4.69) is 15.1 Å². The van der Waals surface area contributed by atoms with Crippen LogP contribution in [0.15, 0.2) is 57.1 Å². The molecule has 1 aromatic carbocycles. The summed E-state index contributed by atoms with van der Waals surface area (Å²) in [5.41, 5.74) is 0.930. The summed E-state index contributed by atoms with van der Waals surface area (Å²) >= 11 is 0. The quantitative estimate of drug-likeness (QED) is 0.525. The van der Waals surface area contributed by atoms with E-state index in [1.54, 1.807) is 4.90 Å². The lowest BCUT2D eigenvalue weighted by atomic mass is 10.2. The number of nitro groups is 2. The van der Waals surface area contributed by atoms with E-state index in [9.17, 15) is 20.2 Å². The van der Waals surface area contributed by atoms with Gasteiger partial charge in [0.2, 0.25) is 11.9 Å². The average molecular weight is 400 g/mol. The molecule has 0 atom stereocenters. The van der Waals surface area contributed by atoms with Crippen molar-refractivity contribution in [2.45, 2.75) is 6.54 Å². The van der Waals surface area contributed by atoms with Crippen molar-refractivity contribution >= 4 is 18.3 Å². The Labute approximate surface area is 164 Å². The van der Waals surface area contributed by atoms with Crippen LogP contribution in [0.1, 0.15) is 5.56 Å². The van der Waals surface area contributed by atoms with Gasteiger partial charge in [0.1, 0.15) is 16.2 Å². The highest BCUT2D eigenvalue weighted by atomic mass is 16.7. The Hall–Kier alpha value is -3.87. The lowest BCUT2D eigenvalue weighted by Crippen LogP contribution is -2.45. The number of hydrogen-bond donors (Lipinski definition) is 0. The van der Waals surface area contributed by atoms with Crippen molar-refractivity contribution < 1.29 is 14.6 Å². The van der Waals surface area contributed by atoms with Gasteiger partial charge in [0, 0.05) is 13.1 Å². The lowest BCUT2D eigenvalue weighted by Gasteiger charge is -2.31. The van der Waals surface area contributed by atoms with Gasteiger partial charge < -0.3 is 9.64 Å². The largest absolute Gasteiger partial charge is 0.602 e. The van der Waals surface area contributed by atoms with Crippen LogP contribution in [0.2, 0.25) is 0 Å². The number of aliphatic imine (C=N–C) groups is 2. The molecule has 0 radical (unpaired) electrons. The maximum absolute atomic E-state index is 11.4. The fourth-order valence-corrected chi connectivity index (χ4v) is 3.03. The smallest absolute Gasteiger partial charge is 0.378 e. The number of hydrazone groups is 1. The van der Waals surface area contributed by atoms with Gasteiger partial charge in [0.25, 0.3) is 0 Å². The van der Waals surface area contributed by atoms with Gasteiger partial charge in [0.05, 0.1) is 19.8 Å². The van der Waals surface area contributed by atoms with Crippen molar-refractivity contribution in [3.05, 3.63) is 67.8 Å². The molecule has 1 aromatic rings. The summed E-state index contributed by atoms with van der Waals surface area (Å²) in [6, 6.07) is 9.42. The minimum atomic E-state index is -1.24. The molecule has 0 aliphatic carbocycles. The lowest BCUT2D eigenvalue weighted by molar-refractivity contribution is -0.618. The number of nitrogens with zero attached hydrogens (tertiary/aromatic N) is 8. The molecule has 0 unspecified atom stereocenters. The molecule has 1 saturated heterocycles. The second-order valence-electron chi connectivity index (χ2n) is 6.23. The highest BCUT2D eigenvalue weighted by molar-refractivity contribution is 6.05. The van der Waals surface area contributed by atoms with Crippen LogP contribution in [0.25, 0.3) is 0 Å². The summed E-state index contributed by atoms with van der Waals surface area (Å²) in [5.74, 6) is -1.32. The molecule has 0 saturated carbocycles. The number of morpholine rings is 1. The fourth-order valence-electron chi connectivity index (χ4n) is 3.03. The van der Waals surface area contributed by atoms with Gasteiger partial charge in [-0.3, -0.25) is 20.2 Å². The molecule has 4 rings (SSSR count). The minimum absolute atomic E-state index is 0.152. The Morgan fingerprint density at radius 1 is 1.07 bits per heavy atom. The van der Waals surface area contributed by atoms with E-state index in [1.807, 2.05) is 30.3 Å². The average Bonchev–Trinajstić information content (AvgIpc) is 3.12. The molecule has 0 bridgehead atoms. The Morgan fingerprint density at radius 3 is 2.41 bits per heavy atom. The predicted octanol–water partition coefficient (Wildman–Crippen LogP) is 0.485. The van der Waals surface area contributed by atoms with Crippen molar-refractivity contribution in [1.82, 2.24) is 14.8 Å². The normalized spacial score (nSPS) is 18.3. The Morgan fingerprint density at radius 2 is 1.76 bits per heavy atom. The molecule has 0 spiro atoms. The van der Waals surface area contributed by atoms with Gasteiger partial charge in [-0.1, -0.05) is 30.3 Å². The molecule has 1 fully saturated rings. The highest BCUT2D eigenvalue weighted by Crippen LogP contribution is 2.25. The van der Waals surface area contributed by atoms with Crippen LogP contribution in [0.5, 0.6) is 0 Å². The Balaban J connectivity index is 1.75. The van der Waals surface area contributed by atoms with E-state index in [0.717, 1.165) is 10.5 Å². The van der Waals surface area contributed by atoms with Crippen molar-refractivity contribution in [3.63, 3.8) is 0 Å². The first-order valence-electron chi connectivity index (χ1n) is 8.72. The van der Waals surface area contributed by atoms with Gasteiger partial charge in [-0.05, 0) is 5.56 Å². The van der Waals surface area contributed by atoms with E-state index >= 15 is 0 Å². The molecule has 150 valence electrons. The van der Waals surface area contributed by atoms with Crippen molar-refractivity contribution in [2.75, 3.05) is 26.3 Å². The summed E-state index contributed by atoms with van der Waals surface area (Å²) in [4.78, 5) is 32.1. The third kappa shape index (κ3) is 3.62. The van der Waals surface area contributed by atoms with Crippen molar-refractivity contribution in [3.8, 4) is 0 Å². The van der Waals surface area contributed by atoms with E-state index in [0.29, 0.717) is 32.8 Å². The summed E-state index contributed by atoms with van der Waals surface area (Å²) in [6.45, 7) is 2.15. The van der Waals surface area contributed by atoms with Crippen LogP contribution in [0.4, 0.5) is 0 Å². The van der Waals surface area contributed by atoms with Crippen LogP contribution >= 0.6 is 0 Å². The molecule has 3 aliphatic rings. The number of ether oxygens (including phenoxy) is 1. The maximum Gasteiger partial charge on any atom is 0.602 e. The zero-order valence-corrected chi connectivity index (χ0v) is 15.1. The van der Waals surface area contributed by atoms with Gasteiger partial charge >= 0.3 is 11.6 Å². The number of hydrogen-bond acceptors (Lipinski definition) is 11. The molecule has 29 heavy (non-hydrogen) atoms. The van der Waals surface area contributed by atoms with E-state index in [1.165, 1.54) is 11.3 Å². The maximum atomic E-state index is 11.4. The van der Waals surface area contributed by atoms with Crippen LogP contribution in [0.3, 0.4) is 0 Å². The molecule has 13 nitrogen and oxygen atoms in total. The van der Waals surface area contributed by atoms with Crippen LogP contribution in [-0.4, -0.2) is 69.2 Å². The van der Waals surface area contributed by atoms with Gasteiger partial charge in [-0.15, -0.1) is 0 Å². The number of benzene rings is 1. The molecule has 3 aliphatic heterocycles. The third-order valence-corrected chi connectivity index (χ3v) is 4.40. The standard InChI is InChI=1S/C16H16N8O5/c25-23(26)14(24(27)28)13-18-15(20-6-8-29-9-7-20)19-16-21(13)11-17-22(16)10-12-4-2-1-3-5-12/h1-5,11H,6-10H2. The fraction of sp³-hybridized carbons (Fsp3) is 0.312. The molecular formula is C16H16N8O5. The second-order valence-corrected chi connectivity index (χ2v) is 6.23. The summed E-state index contributed by atoms with van der Waals surface area (Å²) in [7, 11) is 0. The van der Waals surface area contributed by atoms with Crippen LogP contribution in [-0.2, 0) is 11.3 Å². The Bertz CT molecular complexity index is 935. The first kappa shape index (κ1) is 18.5. The number of guanidine groups is 2. The van der Waals surface area contributed by atoms with E-state index < -0.39 is 21.5 Å². The summed E-state index contributed by atoms with van der Waals surface area (Å²) in [5, 5.41) is 28.5. The molecule has 0 aromatic heterocycles. The second kappa shape index (κ2) is 7.63. The predicted molar refractivity (Wildman–Crippen MR) is 101 cm³/mol. The summed E-state index contributed by atoms with van der Waals surface area (Å²) < 4.78 is 5.31. The number of fused-ring (bicyclic) bond motifs is 1. The van der Waals surface area contributed by atoms with E-state index in [4.69, 9.17) is 4.74 Å². The first-order valence-corrected chi connectivity index (χ1v) is 8.72. The third-order valence-electron chi connectivity index (χ3n) is 4.40. The van der Waals surface area contributed by atoms with Crippen LogP contribution < -0.4 is 0 Å². The molecule has 0 amide bonds. The monoisotopic (exact) mass is 400 g/mol. The van der Waals surface area contributed by atoms with Gasteiger partial charge in [-0.2, -0.15) is 15.1 Å². The van der Waals surface area contributed by atoms with Crippen molar-refractivity contribution in [1.29, 1.82) is 0 Å². The Kier molecular flexibility index (Phi) is 4.87. The van der Waals surface area contributed by atoms with Gasteiger partial charge in [-0.25, -0.2) is 9.91 Å². The molecule has 3 heterocycles.